The molecule has 0 heterocycles. The Morgan fingerprint density at radius 2 is 2.00 bits per heavy atom. The van der Waals surface area contributed by atoms with Crippen molar-refractivity contribution in [3.05, 3.63) is 35.1 Å². The molecule has 0 aromatic heterocycles. The maximum Gasteiger partial charge on any atom is 0.419 e. The van der Waals surface area contributed by atoms with Crippen LogP contribution in [0.25, 0.3) is 0 Å². The molecule has 0 spiro atoms. The molecule has 0 aliphatic heterocycles. The molecule has 0 fully saturated rings. The van der Waals surface area contributed by atoms with E-state index in [1.165, 1.54) is 0 Å². The minimum Gasteiger partial charge on any atom is -0.394 e. The first-order valence-corrected chi connectivity index (χ1v) is 5.70. The summed E-state index contributed by atoms with van der Waals surface area (Å²) < 4.78 is 55.8. The third-order valence-electron chi connectivity index (χ3n) is 2.32. The third kappa shape index (κ3) is 4.46. The zero-order valence-electron chi connectivity index (χ0n) is 10.3. The van der Waals surface area contributed by atoms with Crippen LogP contribution in [0, 0.1) is 5.82 Å². The van der Waals surface area contributed by atoms with Crippen LogP contribution in [0.4, 0.5) is 17.6 Å². The fourth-order valence-electron chi connectivity index (χ4n) is 1.42. The summed E-state index contributed by atoms with van der Waals surface area (Å²) in [4.78, 5) is 11.6. The zero-order chi connectivity index (χ0) is 15.2. The Labute approximate surface area is 112 Å². The Balaban J connectivity index is 2.69. The molecule has 0 aliphatic rings. The normalized spacial score (nSPS) is 11.4. The monoisotopic (exact) mass is 295 g/mol. The molecule has 112 valence electrons. The molecule has 8 heteroatoms. The maximum absolute atomic E-state index is 13.6. The van der Waals surface area contributed by atoms with Gasteiger partial charge in [-0.3, -0.25) is 4.79 Å². The second-order valence-electron chi connectivity index (χ2n) is 3.76. The van der Waals surface area contributed by atoms with Crippen molar-refractivity contribution in [2.45, 2.75) is 6.18 Å². The average Bonchev–Trinajstić information content (AvgIpc) is 2.37. The van der Waals surface area contributed by atoms with Crippen LogP contribution in [0.2, 0.25) is 0 Å². The van der Waals surface area contributed by atoms with Crippen LogP contribution < -0.4 is 5.32 Å². The number of hydrogen-bond acceptors (Lipinski definition) is 3. The molecule has 0 atom stereocenters. The number of carbonyl (C=O) groups is 1. The van der Waals surface area contributed by atoms with Crippen LogP contribution in [0.1, 0.15) is 15.9 Å². The van der Waals surface area contributed by atoms with E-state index in [9.17, 15) is 22.4 Å². The minimum absolute atomic E-state index is 0.00544. The molecule has 0 radical (unpaired) electrons. The van der Waals surface area contributed by atoms with Gasteiger partial charge in [0.15, 0.2) is 0 Å². The number of alkyl halides is 3. The lowest BCUT2D eigenvalue weighted by atomic mass is 10.1. The minimum atomic E-state index is -4.86. The van der Waals surface area contributed by atoms with Gasteiger partial charge in [-0.25, -0.2) is 4.39 Å². The summed E-state index contributed by atoms with van der Waals surface area (Å²) >= 11 is 0. The Morgan fingerprint density at radius 3 is 2.60 bits per heavy atom. The van der Waals surface area contributed by atoms with E-state index in [0.29, 0.717) is 6.07 Å². The summed E-state index contributed by atoms with van der Waals surface area (Å²) in [5.74, 6) is -2.56. The highest BCUT2D eigenvalue weighted by molar-refractivity contribution is 5.94. The van der Waals surface area contributed by atoms with E-state index in [-0.39, 0.29) is 26.4 Å². The first-order valence-electron chi connectivity index (χ1n) is 5.70. The lowest BCUT2D eigenvalue weighted by Crippen LogP contribution is -2.29. The van der Waals surface area contributed by atoms with Gasteiger partial charge >= 0.3 is 6.18 Å². The summed E-state index contributed by atoms with van der Waals surface area (Å²) in [7, 11) is 0. The number of benzene rings is 1. The smallest absolute Gasteiger partial charge is 0.394 e. The maximum atomic E-state index is 13.6. The Morgan fingerprint density at radius 1 is 1.30 bits per heavy atom. The number of ether oxygens (including phenoxy) is 1. The Hall–Kier alpha value is -1.67. The predicted molar refractivity (Wildman–Crippen MR) is 61.6 cm³/mol. The molecule has 0 bridgehead atoms. The molecule has 0 unspecified atom stereocenters. The van der Waals surface area contributed by atoms with Crippen LogP contribution >= 0.6 is 0 Å². The largest absolute Gasteiger partial charge is 0.419 e. The summed E-state index contributed by atoms with van der Waals surface area (Å²) in [6.45, 7) is -0.0502. The fraction of sp³-hybridized carbons (Fsp3) is 0.417. The second kappa shape index (κ2) is 7.20. The van der Waals surface area contributed by atoms with Crippen molar-refractivity contribution in [3.8, 4) is 0 Å². The van der Waals surface area contributed by atoms with E-state index >= 15 is 0 Å². The zero-order valence-corrected chi connectivity index (χ0v) is 10.3. The van der Waals surface area contributed by atoms with Gasteiger partial charge in [-0.1, -0.05) is 6.07 Å². The van der Waals surface area contributed by atoms with Crippen molar-refractivity contribution in [3.63, 3.8) is 0 Å². The van der Waals surface area contributed by atoms with Gasteiger partial charge in [0.25, 0.3) is 5.91 Å². The van der Waals surface area contributed by atoms with E-state index in [0.717, 1.165) is 12.1 Å². The van der Waals surface area contributed by atoms with Gasteiger partial charge in [0.05, 0.1) is 30.9 Å². The van der Waals surface area contributed by atoms with Crippen molar-refractivity contribution in [1.29, 1.82) is 0 Å². The fourth-order valence-corrected chi connectivity index (χ4v) is 1.42. The van der Waals surface area contributed by atoms with E-state index in [1.807, 2.05) is 0 Å². The van der Waals surface area contributed by atoms with E-state index in [1.54, 1.807) is 0 Å². The summed E-state index contributed by atoms with van der Waals surface area (Å²) in [6, 6.07) is 2.49. The van der Waals surface area contributed by atoms with Crippen molar-refractivity contribution < 1.29 is 32.2 Å². The number of hydrogen-bond donors (Lipinski definition) is 2. The van der Waals surface area contributed by atoms with Crippen LogP contribution in [0.5, 0.6) is 0 Å². The average molecular weight is 295 g/mol. The highest BCUT2D eigenvalue weighted by Crippen LogP contribution is 2.32. The highest BCUT2D eigenvalue weighted by atomic mass is 19.4. The molecule has 2 N–H and O–H groups in total. The van der Waals surface area contributed by atoms with Crippen molar-refractivity contribution in [2.24, 2.45) is 0 Å². The number of aliphatic hydroxyl groups excluding tert-OH is 1. The molecule has 1 aromatic carbocycles. The van der Waals surface area contributed by atoms with Gasteiger partial charge in [-0.15, -0.1) is 0 Å². The van der Waals surface area contributed by atoms with Gasteiger partial charge in [0, 0.05) is 6.54 Å². The van der Waals surface area contributed by atoms with Crippen molar-refractivity contribution in [1.82, 2.24) is 5.32 Å². The molecule has 1 rings (SSSR count). The second-order valence-corrected chi connectivity index (χ2v) is 3.76. The van der Waals surface area contributed by atoms with E-state index in [4.69, 9.17) is 9.84 Å². The Kier molecular flexibility index (Phi) is 5.90. The molecular weight excluding hydrogens is 282 g/mol. The SMILES string of the molecule is O=C(NCCOCCO)c1cccc(C(F)(F)F)c1F. The quantitative estimate of drug-likeness (QED) is 0.619. The molecule has 20 heavy (non-hydrogen) atoms. The van der Waals surface area contributed by atoms with Gasteiger partial charge < -0.3 is 15.2 Å². The first-order chi connectivity index (χ1) is 9.38. The van der Waals surface area contributed by atoms with Gasteiger partial charge in [0.1, 0.15) is 5.82 Å². The summed E-state index contributed by atoms with van der Waals surface area (Å²) in [5, 5.41) is 10.7. The topological polar surface area (TPSA) is 58.6 Å². The van der Waals surface area contributed by atoms with Crippen LogP contribution in [-0.4, -0.2) is 37.4 Å². The van der Waals surface area contributed by atoms with E-state index in [2.05, 4.69) is 5.32 Å². The Bertz CT molecular complexity index is 463. The molecule has 0 saturated carbocycles. The molecular formula is C12H13F4NO3. The van der Waals surface area contributed by atoms with Gasteiger partial charge in [0.2, 0.25) is 0 Å². The highest BCUT2D eigenvalue weighted by Gasteiger charge is 2.35. The molecule has 1 amide bonds. The van der Waals surface area contributed by atoms with Crippen LogP contribution in [0.15, 0.2) is 18.2 Å². The van der Waals surface area contributed by atoms with Gasteiger partial charge in [-0.05, 0) is 12.1 Å². The van der Waals surface area contributed by atoms with Crippen molar-refractivity contribution >= 4 is 5.91 Å². The third-order valence-corrected chi connectivity index (χ3v) is 2.32. The predicted octanol–water partition coefficient (Wildman–Crippen LogP) is 1.58. The van der Waals surface area contributed by atoms with Crippen molar-refractivity contribution in [2.75, 3.05) is 26.4 Å². The molecule has 0 saturated heterocycles. The van der Waals surface area contributed by atoms with E-state index < -0.39 is 29.0 Å². The first kappa shape index (κ1) is 16.4. The number of aliphatic hydroxyl groups is 1. The van der Waals surface area contributed by atoms with Crippen LogP contribution in [0.3, 0.4) is 0 Å². The molecule has 0 aliphatic carbocycles. The summed E-state index contributed by atoms with van der Waals surface area (Å²) in [5.41, 5.74) is -2.16. The summed E-state index contributed by atoms with van der Waals surface area (Å²) in [6.07, 6.45) is -4.86. The number of nitrogens with one attached hydrogen (secondary N) is 1. The number of rotatable bonds is 6. The molecule has 4 nitrogen and oxygen atoms in total. The number of amides is 1. The van der Waals surface area contributed by atoms with Gasteiger partial charge in [-0.2, -0.15) is 13.2 Å². The number of carbonyl (C=O) groups excluding carboxylic acids is 1. The molecule has 1 aromatic rings. The standard InChI is InChI=1S/C12H13F4NO3/c13-10-8(2-1-3-9(10)12(14,15)16)11(19)17-4-6-20-7-5-18/h1-3,18H,4-7H2,(H,17,19). The number of halogens is 4. The van der Waals surface area contributed by atoms with Crippen LogP contribution in [-0.2, 0) is 10.9 Å². The lowest BCUT2D eigenvalue weighted by molar-refractivity contribution is -0.140. The lowest BCUT2D eigenvalue weighted by Gasteiger charge is -2.11.